The van der Waals surface area contributed by atoms with Crippen LogP contribution < -0.4 is 4.98 Å². The summed E-state index contributed by atoms with van der Waals surface area (Å²) in [5.41, 5.74) is 3.31. The Balaban J connectivity index is 3.28. The van der Waals surface area contributed by atoms with Gasteiger partial charge in [0.1, 0.15) is 8.24 Å². The Kier molecular flexibility index (Phi) is 5.19. The van der Waals surface area contributed by atoms with Gasteiger partial charge in [0.15, 0.2) is 0 Å². The first-order chi connectivity index (χ1) is 8.81. The number of hydrogen-bond acceptors (Lipinski definition) is 1. The molecule has 0 amide bonds. The van der Waals surface area contributed by atoms with Gasteiger partial charge in [0.25, 0.3) is 0 Å². The standard InChI is InChI=1S/C17H35NSi2/c1-17(2,3)16(18-20(7,8)9)14-11-10-12-15(13-14)19(4,5)6/h13,18H,10-12H2,1-9H3/b16-14+. The minimum Gasteiger partial charge on any atom is -0.413 e. The quantitative estimate of drug-likeness (QED) is 0.659. The zero-order valence-corrected chi connectivity index (χ0v) is 17.2. The van der Waals surface area contributed by atoms with Crippen LogP contribution in [0.3, 0.4) is 0 Å². The predicted molar refractivity (Wildman–Crippen MR) is 98.2 cm³/mol. The lowest BCUT2D eigenvalue weighted by Gasteiger charge is -2.35. The van der Waals surface area contributed by atoms with E-state index in [1.165, 1.54) is 25.0 Å². The van der Waals surface area contributed by atoms with Gasteiger partial charge in [0.05, 0.1) is 8.07 Å². The molecule has 0 aromatic carbocycles. The average molecular weight is 310 g/mol. The molecule has 1 aliphatic rings. The molecule has 1 N–H and O–H groups in total. The third-order valence-corrected chi connectivity index (χ3v) is 7.10. The molecule has 0 fully saturated rings. The summed E-state index contributed by atoms with van der Waals surface area (Å²) in [7, 11) is -2.46. The molecule has 0 radical (unpaired) electrons. The summed E-state index contributed by atoms with van der Waals surface area (Å²) < 4.78 is 0. The smallest absolute Gasteiger partial charge is 0.144 e. The van der Waals surface area contributed by atoms with Gasteiger partial charge in [-0.3, -0.25) is 0 Å². The fourth-order valence-corrected chi connectivity index (χ4v) is 5.56. The Morgan fingerprint density at radius 2 is 1.55 bits per heavy atom. The van der Waals surface area contributed by atoms with Crippen molar-refractivity contribution < 1.29 is 0 Å². The molecule has 0 saturated heterocycles. The first-order valence-corrected chi connectivity index (χ1v) is 15.0. The molecule has 1 rings (SSSR count). The van der Waals surface area contributed by atoms with Crippen LogP contribution in [-0.2, 0) is 0 Å². The van der Waals surface area contributed by atoms with Crippen LogP contribution in [0.15, 0.2) is 22.5 Å². The molecule has 0 aromatic heterocycles. The molecule has 0 bridgehead atoms. The van der Waals surface area contributed by atoms with E-state index in [1.807, 2.05) is 0 Å². The Morgan fingerprint density at radius 3 is 1.95 bits per heavy atom. The van der Waals surface area contributed by atoms with Gasteiger partial charge < -0.3 is 4.98 Å². The van der Waals surface area contributed by atoms with Crippen molar-refractivity contribution in [3.8, 4) is 0 Å². The molecule has 0 unspecified atom stereocenters. The summed E-state index contributed by atoms with van der Waals surface area (Å²) in [4.78, 5) is 3.93. The van der Waals surface area contributed by atoms with Gasteiger partial charge in [0.2, 0.25) is 0 Å². The highest BCUT2D eigenvalue weighted by molar-refractivity contribution is 6.83. The van der Waals surface area contributed by atoms with E-state index in [2.05, 4.69) is 71.1 Å². The number of rotatable bonds is 3. The van der Waals surface area contributed by atoms with Crippen LogP contribution in [0.5, 0.6) is 0 Å². The Morgan fingerprint density at radius 1 is 1.00 bits per heavy atom. The van der Waals surface area contributed by atoms with E-state index in [1.54, 1.807) is 10.8 Å². The van der Waals surface area contributed by atoms with E-state index in [0.717, 1.165) is 0 Å². The molecule has 0 spiro atoms. The molecule has 0 saturated carbocycles. The Hall–Kier alpha value is -0.286. The second-order valence-corrected chi connectivity index (χ2v) is 19.2. The minimum atomic E-state index is -1.31. The van der Waals surface area contributed by atoms with Crippen molar-refractivity contribution in [2.75, 3.05) is 0 Å². The van der Waals surface area contributed by atoms with Crippen molar-refractivity contribution in [3.63, 3.8) is 0 Å². The normalized spacial score (nSPS) is 20.6. The van der Waals surface area contributed by atoms with Gasteiger partial charge in [-0.2, -0.15) is 0 Å². The lowest BCUT2D eigenvalue weighted by molar-refractivity contribution is 0.475. The van der Waals surface area contributed by atoms with Crippen LogP contribution >= 0.6 is 0 Å². The minimum absolute atomic E-state index is 0.216. The zero-order chi connectivity index (χ0) is 15.8. The van der Waals surface area contributed by atoms with E-state index in [-0.39, 0.29) is 5.41 Å². The van der Waals surface area contributed by atoms with Gasteiger partial charge in [-0.05, 0) is 24.8 Å². The highest BCUT2D eigenvalue weighted by Gasteiger charge is 2.28. The maximum Gasteiger partial charge on any atom is 0.144 e. The molecular formula is C17H35NSi2. The second-order valence-electron chi connectivity index (χ2n) is 9.30. The first kappa shape index (κ1) is 17.8. The third kappa shape index (κ3) is 5.25. The largest absolute Gasteiger partial charge is 0.413 e. The van der Waals surface area contributed by atoms with Crippen LogP contribution in [0.1, 0.15) is 40.0 Å². The topological polar surface area (TPSA) is 12.0 Å². The molecule has 116 valence electrons. The van der Waals surface area contributed by atoms with Crippen molar-refractivity contribution in [1.29, 1.82) is 0 Å². The molecule has 0 heterocycles. The Labute approximate surface area is 129 Å². The lowest BCUT2D eigenvalue weighted by Crippen LogP contribution is -2.44. The van der Waals surface area contributed by atoms with Gasteiger partial charge in [0, 0.05) is 11.1 Å². The van der Waals surface area contributed by atoms with E-state index in [0.29, 0.717) is 0 Å². The summed E-state index contributed by atoms with van der Waals surface area (Å²) in [6.45, 7) is 21.7. The number of allylic oxidation sites excluding steroid dienone is 4. The first-order valence-electron chi connectivity index (χ1n) is 8.03. The van der Waals surface area contributed by atoms with Crippen LogP contribution in [0, 0.1) is 5.41 Å². The van der Waals surface area contributed by atoms with Crippen molar-refractivity contribution >= 4 is 16.3 Å². The van der Waals surface area contributed by atoms with Crippen LogP contribution in [0.2, 0.25) is 39.3 Å². The number of nitrogens with one attached hydrogen (secondary N) is 1. The van der Waals surface area contributed by atoms with Crippen molar-refractivity contribution in [3.05, 3.63) is 22.5 Å². The summed E-state index contributed by atoms with van der Waals surface area (Å²) >= 11 is 0. The molecule has 0 aliphatic heterocycles. The SMILES string of the molecule is CC(C)(C)/C(N[Si](C)(C)C)=C1\C=C([Si](C)(C)C)CCC1. The molecule has 0 aromatic rings. The van der Waals surface area contributed by atoms with Crippen LogP contribution in [-0.4, -0.2) is 16.3 Å². The predicted octanol–water partition coefficient (Wildman–Crippen LogP) is 5.70. The van der Waals surface area contributed by atoms with Gasteiger partial charge in [-0.15, -0.1) is 0 Å². The maximum atomic E-state index is 3.93. The van der Waals surface area contributed by atoms with Crippen LogP contribution in [0.4, 0.5) is 0 Å². The van der Waals surface area contributed by atoms with Gasteiger partial charge >= 0.3 is 0 Å². The third-order valence-electron chi connectivity index (χ3n) is 3.78. The molecule has 3 heteroatoms. The van der Waals surface area contributed by atoms with Crippen LogP contribution in [0.25, 0.3) is 0 Å². The Bertz CT molecular complexity index is 412. The summed E-state index contributed by atoms with van der Waals surface area (Å²) in [5, 5.41) is 1.75. The molecule has 0 atom stereocenters. The maximum absolute atomic E-state index is 3.93. The van der Waals surface area contributed by atoms with E-state index in [9.17, 15) is 0 Å². The van der Waals surface area contributed by atoms with Crippen molar-refractivity contribution in [1.82, 2.24) is 4.98 Å². The monoisotopic (exact) mass is 309 g/mol. The lowest BCUT2D eigenvalue weighted by atomic mass is 9.86. The molecule has 20 heavy (non-hydrogen) atoms. The van der Waals surface area contributed by atoms with Crippen molar-refractivity contribution in [2.24, 2.45) is 5.41 Å². The molecular weight excluding hydrogens is 274 g/mol. The molecule has 1 nitrogen and oxygen atoms in total. The average Bonchev–Trinajstić information content (AvgIpc) is 2.22. The highest BCUT2D eigenvalue weighted by Crippen LogP contribution is 2.35. The zero-order valence-electron chi connectivity index (χ0n) is 15.2. The summed E-state index contributed by atoms with van der Waals surface area (Å²) in [6, 6.07) is 0. The second kappa shape index (κ2) is 5.84. The summed E-state index contributed by atoms with van der Waals surface area (Å²) in [5.74, 6) is 0. The summed E-state index contributed by atoms with van der Waals surface area (Å²) in [6.07, 6.45) is 6.46. The van der Waals surface area contributed by atoms with Gasteiger partial charge in [-0.1, -0.05) is 71.3 Å². The fourth-order valence-electron chi connectivity index (χ4n) is 2.74. The highest BCUT2D eigenvalue weighted by atomic mass is 28.3. The fraction of sp³-hybridized carbons (Fsp3) is 0.765. The van der Waals surface area contributed by atoms with Crippen molar-refractivity contribution in [2.45, 2.75) is 79.3 Å². The van der Waals surface area contributed by atoms with E-state index < -0.39 is 16.3 Å². The number of hydrogen-bond donors (Lipinski definition) is 1. The molecule has 1 aliphatic carbocycles. The van der Waals surface area contributed by atoms with Gasteiger partial charge in [-0.25, -0.2) is 0 Å². The van der Waals surface area contributed by atoms with E-state index in [4.69, 9.17) is 0 Å². The van der Waals surface area contributed by atoms with E-state index >= 15 is 0 Å².